The lowest BCUT2D eigenvalue weighted by Crippen LogP contribution is -2.43. The van der Waals surface area contributed by atoms with E-state index in [2.05, 4.69) is 37.9 Å². The Labute approximate surface area is 190 Å². The Morgan fingerprint density at radius 3 is 1.60 bits per heavy atom. The molecule has 0 radical (unpaired) electrons. The summed E-state index contributed by atoms with van der Waals surface area (Å²) in [5, 5.41) is 10.5. The number of hydrogen-bond donors (Lipinski definition) is 4. The third kappa shape index (κ3) is 9.62. The van der Waals surface area contributed by atoms with Gasteiger partial charge >= 0.3 is 5.69 Å². The zero-order valence-corrected chi connectivity index (χ0v) is 19.1. The Bertz CT molecular complexity index is 665. The van der Waals surface area contributed by atoms with Crippen LogP contribution in [0.5, 0.6) is 5.88 Å². The Morgan fingerprint density at radius 2 is 1.10 bits per heavy atom. The van der Waals surface area contributed by atoms with Gasteiger partial charge in [-0.2, -0.15) is 37.9 Å². The van der Waals surface area contributed by atoms with E-state index in [1.807, 2.05) is 0 Å². The molecule has 1 aromatic rings. The molecule has 0 saturated carbocycles. The van der Waals surface area contributed by atoms with Crippen LogP contribution in [0.15, 0.2) is 9.59 Å². The standard InChI is InChI=1S/C16H28N2O9S3/c19-14-13(1-4-22-25-7-10-28)15(20)18(3-6-24-27-9-12-30)16(21)17(14)2-5-23-26-8-11-29/h19,28-30H,1-12H2. The van der Waals surface area contributed by atoms with Crippen LogP contribution in [0.4, 0.5) is 0 Å². The van der Waals surface area contributed by atoms with Gasteiger partial charge in [-0.05, 0) is 0 Å². The second-order valence-corrected chi connectivity index (χ2v) is 6.89. The summed E-state index contributed by atoms with van der Waals surface area (Å²) in [6, 6.07) is 0. The van der Waals surface area contributed by atoms with Gasteiger partial charge in [0, 0.05) is 23.7 Å². The molecule has 30 heavy (non-hydrogen) atoms. The summed E-state index contributed by atoms with van der Waals surface area (Å²) in [5.74, 6) is 0.919. The molecule has 14 heteroatoms. The highest BCUT2D eigenvalue weighted by Gasteiger charge is 2.19. The summed E-state index contributed by atoms with van der Waals surface area (Å²) in [5.41, 5.74) is -1.38. The maximum Gasteiger partial charge on any atom is 0.333 e. The molecule has 0 saturated heterocycles. The molecule has 0 amide bonds. The second-order valence-electron chi connectivity index (χ2n) is 5.55. The minimum atomic E-state index is -0.718. The van der Waals surface area contributed by atoms with E-state index in [-0.39, 0.29) is 64.7 Å². The molecule has 1 aromatic heterocycles. The molecule has 1 heterocycles. The van der Waals surface area contributed by atoms with E-state index in [0.29, 0.717) is 17.3 Å². The first-order valence-corrected chi connectivity index (χ1v) is 11.1. The van der Waals surface area contributed by atoms with Crippen LogP contribution in [0.1, 0.15) is 5.56 Å². The van der Waals surface area contributed by atoms with Crippen molar-refractivity contribution in [3.05, 3.63) is 26.4 Å². The van der Waals surface area contributed by atoms with Gasteiger partial charge in [0.25, 0.3) is 5.56 Å². The van der Waals surface area contributed by atoms with Crippen molar-refractivity contribution in [1.29, 1.82) is 0 Å². The molecule has 0 bridgehead atoms. The van der Waals surface area contributed by atoms with Crippen LogP contribution in [0, 0.1) is 0 Å². The summed E-state index contributed by atoms with van der Waals surface area (Å²) >= 11 is 11.9. The van der Waals surface area contributed by atoms with Crippen molar-refractivity contribution in [3.8, 4) is 5.88 Å². The van der Waals surface area contributed by atoms with Crippen molar-refractivity contribution < 1.29 is 34.4 Å². The van der Waals surface area contributed by atoms with Crippen LogP contribution >= 0.6 is 37.9 Å². The molecule has 174 valence electrons. The van der Waals surface area contributed by atoms with E-state index in [4.69, 9.17) is 29.3 Å². The summed E-state index contributed by atoms with van der Waals surface area (Å²) in [6.07, 6.45) is 0.0194. The predicted molar refractivity (Wildman–Crippen MR) is 118 cm³/mol. The van der Waals surface area contributed by atoms with Gasteiger partial charge in [-0.15, -0.1) is 0 Å². The number of aromatic nitrogens is 2. The van der Waals surface area contributed by atoms with Gasteiger partial charge in [0.2, 0.25) is 5.88 Å². The number of aromatic hydroxyl groups is 1. The minimum absolute atomic E-state index is 0.00209. The fourth-order valence-electron chi connectivity index (χ4n) is 2.23. The normalized spacial score (nSPS) is 11.3. The van der Waals surface area contributed by atoms with E-state index in [9.17, 15) is 14.7 Å². The smallest absolute Gasteiger partial charge is 0.333 e. The van der Waals surface area contributed by atoms with E-state index in [1.54, 1.807) is 0 Å². The number of hydrogen-bond acceptors (Lipinski definition) is 12. The second kappa shape index (κ2) is 16.9. The molecule has 0 aliphatic heterocycles. The highest BCUT2D eigenvalue weighted by atomic mass is 32.1. The highest BCUT2D eigenvalue weighted by Crippen LogP contribution is 2.12. The monoisotopic (exact) mass is 488 g/mol. The maximum absolute atomic E-state index is 12.7. The van der Waals surface area contributed by atoms with Gasteiger partial charge in [-0.25, -0.2) is 34.1 Å². The van der Waals surface area contributed by atoms with Gasteiger partial charge in [0.15, 0.2) is 0 Å². The van der Waals surface area contributed by atoms with Crippen molar-refractivity contribution in [2.24, 2.45) is 0 Å². The largest absolute Gasteiger partial charge is 0.494 e. The van der Waals surface area contributed by atoms with Crippen molar-refractivity contribution in [1.82, 2.24) is 9.13 Å². The molecular formula is C16H28N2O9S3. The molecule has 1 N–H and O–H groups in total. The van der Waals surface area contributed by atoms with Crippen molar-refractivity contribution in [2.75, 3.05) is 56.9 Å². The number of nitrogens with zero attached hydrogens (tertiary/aromatic N) is 2. The van der Waals surface area contributed by atoms with Gasteiger partial charge in [-0.3, -0.25) is 13.9 Å². The molecule has 0 aliphatic carbocycles. The SMILES string of the molecule is O=c1c(CCOOCCS)c(O)n(CCOOCCS)c(=O)n1CCOOCCS. The summed E-state index contributed by atoms with van der Waals surface area (Å²) < 4.78 is 1.96. The van der Waals surface area contributed by atoms with Crippen LogP contribution in [-0.4, -0.2) is 71.1 Å². The van der Waals surface area contributed by atoms with Gasteiger partial charge in [-0.1, -0.05) is 0 Å². The fraction of sp³-hybridized carbons (Fsp3) is 0.750. The van der Waals surface area contributed by atoms with Crippen molar-refractivity contribution >= 4 is 37.9 Å². The average Bonchev–Trinajstić information content (AvgIpc) is 2.74. The fourth-order valence-corrected chi connectivity index (χ4v) is 2.45. The van der Waals surface area contributed by atoms with Crippen molar-refractivity contribution in [2.45, 2.75) is 19.5 Å². The Kier molecular flexibility index (Phi) is 15.4. The summed E-state index contributed by atoms with van der Waals surface area (Å²) in [6.45, 7) is 0.602. The minimum Gasteiger partial charge on any atom is -0.494 e. The Morgan fingerprint density at radius 1 is 0.667 bits per heavy atom. The molecule has 0 aromatic carbocycles. The van der Waals surface area contributed by atoms with Gasteiger partial charge < -0.3 is 5.11 Å². The third-order valence-electron chi connectivity index (χ3n) is 3.50. The Hall–Kier alpha value is -0.710. The van der Waals surface area contributed by atoms with E-state index < -0.39 is 17.1 Å². The zero-order chi connectivity index (χ0) is 22.2. The topological polar surface area (TPSA) is 120 Å². The highest BCUT2D eigenvalue weighted by molar-refractivity contribution is 7.80. The van der Waals surface area contributed by atoms with Crippen molar-refractivity contribution in [3.63, 3.8) is 0 Å². The molecule has 0 aliphatic rings. The summed E-state index contributed by atoms with van der Waals surface area (Å²) in [4.78, 5) is 54.8. The predicted octanol–water partition coefficient (Wildman–Crippen LogP) is -0.108. The molecule has 0 spiro atoms. The first-order chi connectivity index (χ1) is 14.6. The lowest BCUT2D eigenvalue weighted by Gasteiger charge is -2.15. The van der Waals surface area contributed by atoms with E-state index >= 15 is 0 Å². The van der Waals surface area contributed by atoms with Crippen LogP contribution in [-0.2, 0) is 48.8 Å². The van der Waals surface area contributed by atoms with E-state index in [0.717, 1.165) is 9.13 Å². The lowest BCUT2D eigenvalue weighted by atomic mass is 10.2. The van der Waals surface area contributed by atoms with Crippen LogP contribution in [0.3, 0.4) is 0 Å². The van der Waals surface area contributed by atoms with Gasteiger partial charge in [0.1, 0.15) is 13.2 Å². The van der Waals surface area contributed by atoms with E-state index in [1.165, 1.54) is 0 Å². The molecule has 11 nitrogen and oxygen atoms in total. The zero-order valence-electron chi connectivity index (χ0n) is 16.4. The van der Waals surface area contributed by atoms with Gasteiger partial charge in [0.05, 0.1) is 45.1 Å². The number of thiol groups is 3. The molecular weight excluding hydrogens is 460 g/mol. The molecule has 1 rings (SSSR count). The molecule has 0 fully saturated rings. The third-order valence-corrected chi connectivity index (χ3v) is 4.04. The maximum atomic E-state index is 12.7. The quantitative estimate of drug-likeness (QED) is 0.0971. The Balaban J connectivity index is 2.96. The number of rotatable bonds is 18. The van der Waals surface area contributed by atoms with Crippen LogP contribution in [0.25, 0.3) is 0 Å². The first-order valence-electron chi connectivity index (χ1n) is 9.19. The summed E-state index contributed by atoms with van der Waals surface area (Å²) in [7, 11) is 0. The molecule has 0 atom stereocenters. The van der Waals surface area contributed by atoms with Crippen LogP contribution in [0.2, 0.25) is 0 Å². The van der Waals surface area contributed by atoms with Crippen LogP contribution < -0.4 is 11.2 Å². The average molecular weight is 489 g/mol. The lowest BCUT2D eigenvalue weighted by molar-refractivity contribution is -0.292. The first kappa shape index (κ1) is 27.3. The molecule has 0 unspecified atom stereocenters.